The van der Waals surface area contributed by atoms with Crippen LogP contribution in [0.15, 0.2) is 48.7 Å². The zero-order chi connectivity index (χ0) is 17.8. The highest BCUT2D eigenvalue weighted by molar-refractivity contribution is 5.92. The molecule has 2 aromatic heterocycles. The highest BCUT2D eigenvalue weighted by atomic mass is 16.2. The van der Waals surface area contributed by atoms with Crippen LogP contribution < -0.4 is 5.32 Å². The van der Waals surface area contributed by atoms with E-state index in [0.29, 0.717) is 5.69 Å². The van der Waals surface area contributed by atoms with Gasteiger partial charge in [-0.1, -0.05) is 30.3 Å². The van der Waals surface area contributed by atoms with E-state index in [0.717, 1.165) is 43.9 Å². The molecule has 1 amide bonds. The quantitative estimate of drug-likeness (QED) is 0.777. The second kappa shape index (κ2) is 7.43. The normalized spacial score (nSPS) is 16.5. The number of fused-ring (bicyclic) bond motifs is 1. The van der Waals surface area contributed by atoms with Crippen LogP contribution in [0.25, 0.3) is 0 Å². The first-order valence-electron chi connectivity index (χ1n) is 8.83. The molecule has 0 aliphatic carbocycles. The van der Waals surface area contributed by atoms with Crippen molar-refractivity contribution in [2.45, 2.75) is 38.3 Å². The van der Waals surface area contributed by atoms with E-state index in [4.69, 9.17) is 0 Å². The summed E-state index contributed by atoms with van der Waals surface area (Å²) in [5, 5.41) is 19.4. The first-order chi connectivity index (χ1) is 12.8. The molecule has 7 heteroatoms. The molecule has 3 heterocycles. The highest BCUT2D eigenvalue weighted by Gasteiger charge is 2.22. The van der Waals surface area contributed by atoms with Gasteiger partial charge in [0.1, 0.15) is 11.6 Å². The van der Waals surface area contributed by atoms with Gasteiger partial charge in [-0.3, -0.25) is 4.79 Å². The van der Waals surface area contributed by atoms with E-state index in [1.165, 1.54) is 5.56 Å². The van der Waals surface area contributed by atoms with E-state index in [1.807, 2.05) is 18.2 Å². The van der Waals surface area contributed by atoms with Gasteiger partial charge in [0.25, 0.3) is 5.91 Å². The van der Waals surface area contributed by atoms with Crippen molar-refractivity contribution in [3.8, 4) is 0 Å². The van der Waals surface area contributed by atoms with Crippen molar-refractivity contribution in [3.05, 3.63) is 71.6 Å². The van der Waals surface area contributed by atoms with Crippen molar-refractivity contribution in [2.75, 3.05) is 0 Å². The second-order valence-corrected chi connectivity index (χ2v) is 6.45. The first kappa shape index (κ1) is 16.4. The summed E-state index contributed by atoms with van der Waals surface area (Å²) in [5.41, 5.74) is 1.57. The lowest BCUT2D eigenvalue weighted by Crippen LogP contribution is -2.35. The Bertz CT molecular complexity index is 878. The number of rotatable bonds is 4. The third-order valence-corrected chi connectivity index (χ3v) is 4.67. The standard InChI is InChI=1S/C19H20N6O/c26-19(16-7-4-11-20-22-16)21-15-8-9-17-23-24-18(25(17)12-10-15)13-14-5-2-1-3-6-14/h1-7,11,15H,8-10,12-13H2,(H,21,26). The van der Waals surface area contributed by atoms with Gasteiger partial charge < -0.3 is 9.88 Å². The van der Waals surface area contributed by atoms with Crippen LogP contribution in [0.5, 0.6) is 0 Å². The summed E-state index contributed by atoms with van der Waals surface area (Å²) in [6.45, 7) is 0.802. The Kier molecular flexibility index (Phi) is 4.68. The van der Waals surface area contributed by atoms with Gasteiger partial charge in [-0.15, -0.1) is 15.3 Å². The summed E-state index contributed by atoms with van der Waals surface area (Å²) >= 11 is 0. The summed E-state index contributed by atoms with van der Waals surface area (Å²) in [5.74, 6) is 1.80. The smallest absolute Gasteiger partial charge is 0.272 e. The molecule has 4 rings (SSSR count). The molecule has 1 aliphatic heterocycles. The molecule has 1 atom stereocenters. The van der Waals surface area contributed by atoms with E-state index in [-0.39, 0.29) is 11.9 Å². The Balaban J connectivity index is 1.42. The van der Waals surface area contributed by atoms with Crippen molar-refractivity contribution in [2.24, 2.45) is 0 Å². The second-order valence-electron chi connectivity index (χ2n) is 6.45. The molecule has 1 aromatic carbocycles. The number of carbonyl (C=O) groups excluding carboxylic acids is 1. The fourth-order valence-electron chi connectivity index (χ4n) is 3.28. The predicted molar refractivity (Wildman–Crippen MR) is 95.5 cm³/mol. The van der Waals surface area contributed by atoms with Crippen molar-refractivity contribution >= 4 is 5.91 Å². The maximum Gasteiger partial charge on any atom is 0.272 e. The van der Waals surface area contributed by atoms with Gasteiger partial charge in [-0.2, -0.15) is 5.10 Å². The van der Waals surface area contributed by atoms with Crippen LogP contribution >= 0.6 is 0 Å². The third kappa shape index (κ3) is 3.61. The average molecular weight is 348 g/mol. The molecule has 0 radical (unpaired) electrons. The molecule has 0 fully saturated rings. The van der Waals surface area contributed by atoms with Crippen LogP contribution in [0.3, 0.4) is 0 Å². The van der Waals surface area contributed by atoms with Gasteiger partial charge in [-0.05, 0) is 30.5 Å². The Morgan fingerprint density at radius 2 is 1.96 bits per heavy atom. The molecule has 132 valence electrons. The maximum absolute atomic E-state index is 12.3. The summed E-state index contributed by atoms with van der Waals surface area (Å²) in [6, 6.07) is 13.8. The first-order valence-corrected chi connectivity index (χ1v) is 8.83. The van der Waals surface area contributed by atoms with Crippen molar-refractivity contribution in [3.63, 3.8) is 0 Å². The molecule has 0 saturated carbocycles. The monoisotopic (exact) mass is 348 g/mol. The summed E-state index contributed by atoms with van der Waals surface area (Å²) in [4.78, 5) is 12.3. The van der Waals surface area contributed by atoms with Crippen LogP contribution in [0, 0.1) is 0 Å². The van der Waals surface area contributed by atoms with E-state index >= 15 is 0 Å². The molecule has 26 heavy (non-hydrogen) atoms. The maximum atomic E-state index is 12.3. The molecule has 1 unspecified atom stereocenters. The van der Waals surface area contributed by atoms with Crippen LogP contribution in [-0.4, -0.2) is 36.9 Å². The fourth-order valence-corrected chi connectivity index (χ4v) is 3.28. The fraction of sp³-hybridized carbons (Fsp3) is 0.316. The van der Waals surface area contributed by atoms with Crippen LogP contribution in [-0.2, 0) is 19.4 Å². The zero-order valence-corrected chi connectivity index (χ0v) is 14.4. The summed E-state index contributed by atoms with van der Waals surface area (Å²) in [6.07, 6.45) is 4.81. The van der Waals surface area contributed by atoms with Crippen molar-refractivity contribution < 1.29 is 4.79 Å². The lowest BCUT2D eigenvalue weighted by atomic mass is 10.1. The Hall–Kier alpha value is -3.09. The highest BCUT2D eigenvalue weighted by Crippen LogP contribution is 2.17. The molecule has 7 nitrogen and oxygen atoms in total. The lowest BCUT2D eigenvalue weighted by Gasteiger charge is -2.15. The third-order valence-electron chi connectivity index (χ3n) is 4.67. The largest absolute Gasteiger partial charge is 0.348 e. The Morgan fingerprint density at radius 3 is 2.77 bits per heavy atom. The van der Waals surface area contributed by atoms with E-state index in [9.17, 15) is 4.79 Å². The summed E-state index contributed by atoms with van der Waals surface area (Å²) in [7, 11) is 0. The van der Waals surface area contributed by atoms with Crippen LogP contribution in [0.4, 0.5) is 0 Å². The number of nitrogens with zero attached hydrogens (tertiary/aromatic N) is 5. The molecule has 1 aliphatic rings. The molecule has 0 bridgehead atoms. The molecule has 1 N–H and O–H groups in total. The van der Waals surface area contributed by atoms with Crippen LogP contribution in [0.1, 0.15) is 40.5 Å². The number of aryl methyl sites for hydroxylation is 1. The van der Waals surface area contributed by atoms with Gasteiger partial charge in [0.2, 0.25) is 0 Å². The van der Waals surface area contributed by atoms with E-state index in [2.05, 4.69) is 42.4 Å². The Labute approximate surface area is 151 Å². The number of nitrogens with one attached hydrogen (secondary N) is 1. The Morgan fingerprint density at radius 1 is 1.08 bits per heavy atom. The van der Waals surface area contributed by atoms with Gasteiger partial charge in [-0.25, -0.2) is 0 Å². The van der Waals surface area contributed by atoms with Crippen molar-refractivity contribution in [1.29, 1.82) is 0 Å². The molecule has 3 aromatic rings. The zero-order valence-electron chi connectivity index (χ0n) is 14.4. The van der Waals surface area contributed by atoms with E-state index in [1.54, 1.807) is 18.3 Å². The minimum absolute atomic E-state index is 0.0933. The molecular weight excluding hydrogens is 328 g/mol. The van der Waals surface area contributed by atoms with Crippen molar-refractivity contribution in [1.82, 2.24) is 30.3 Å². The van der Waals surface area contributed by atoms with Gasteiger partial charge >= 0.3 is 0 Å². The topological polar surface area (TPSA) is 85.6 Å². The molecular formula is C19H20N6O. The number of hydrogen-bond acceptors (Lipinski definition) is 5. The number of benzene rings is 1. The predicted octanol–water partition coefficient (Wildman–Crippen LogP) is 1.79. The number of aromatic nitrogens is 5. The molecule has 0 spiro atoms. The number of carbonyl (C=O) groups is 1. The molecule has 0 saturated heterocycles. The van der Waals surface area contributed by atoms with Gasteiger partial charge in [0.05, 0.1) is 0 Å². The van der Waals surface area contributed by atoms with Crippen LogP contribution in [0.2, 0.25) is 0 Å². The number of amides is 1. The average Bonchev–Trinajstić information content (AvgIpc) is 2.95. The lowest BCUT2D eigenvalue weighted by molar-refractivity contribution is 0.0927. The van der Waals surface area contributed by atoms with Gasteiger partial charge in [0.15, 0.2) is 5.69 Å². The summed E-state index contributed by atoms with van der Waals surface area (Å²) < 4.78 is 2.20. The minimum Gasteiger partial charge on any atom is -0.348 e. The van der Waals surface area contributed by atoms with Gasteiger partial charge in [0, 0.05) is 31.6 Å². The SMILES string of the molecule is O=C(NC1CCc2nnc(Cc3ccccc3)n2CC1)c1cccnn1. The van der Waals surface area contributed by atoms with E-state index < -0.39 is 0 Å². The number of hydrogen-bond donors (Lipinski definition) is 1. The minimum atomic E-state index is -0.176.